The molecule has 0 aliphatic carbocycles. The summed E-state index contributed by atoms with van der Waals surface area (Å²) in [7, 11) is 0. The van der Waals surface area contributed by atoms with Gasteiger partial charge in [0.15, 0.2) is 5.82 Å². The van der Waals surface area contributed by atoms with E-state index >= 15 is 0 Å². The van der Waals surface area contributed by atoms with Crippen molar-refractivity contribution in [3.8, 4) is 0 Å². The molecular formula is C11H11BrF2N2O3. The van der Waals surface area contributed by atoms with Gasteiger partial charge in [-0.3, -0.25) is 4.79 Å². The Morgan fingerprint density at radius 1 is 1.32 bits per heavy atom. The van der Waals surface area contributed by atoms with Crippen molar-refractivity contribution in [2.24, 2.45) is 0 Å². The molecule has 0 aliphatic rings. The van der Waals surface area contributed by atoms with E-state index in [1.54, 1.807) is 0 Å². The molecule has 8 heteroatoms. The van der Waals surface area contributed by atoms with Crippen molar-refractivity contribution in [3.63, 3.8) is 0 Å². The Kier molecular flexibility index (Phi) is 5.68. The maximum atomic E-state index is 13.5. The summed E-state index contributed by atoms with van der Waals surface area (Å²) < 4.78 is 26.4. The summed E-state index contributed by atoms with van der Waals surface area (Å²) in [5, 5.41) is 12.9. The Hall–Kier alpha value is -1.70. The maximum absolute atomic E-state index is 13.5. The van der Waals surface area contributed by atoms with E-state index in [1.807, 2.05) is 0 Å². The van der Waals surface area contributed by atoms with Crippen LogP contribution in [0.15, 0.2) is 16.6 Å². The van der Waals surface area contributed by atoms with Crippen LogP contribution in [0.3, 0.4) is 0 Å². The quantitative estimate of drug-likeness (QED) is 0.571. The lowest BCUT2D eigenvalue weighted by molar-refractivity contribution is -0.137. The van der Waals surface area contributed by atoms with Gasteiger partial charge in [-0.15, -0.1) is 0 Å². The Morgan fingerprint density at radius 2 is 2.00 bits per heavy atom. The standard InChI is InChI=1S/C11H11BrF2N2O3/c12-7-4-6(13)5-8(10(7)14)16-11(19)15-3-1-2-9(17)18/h4-5H,1-3H2,(H,17,18)(H2,15,16,19). The second-order valence-corrected chi connectivity index (χ2v) is 4.48. The Morgan fingerprint density at radius 3 is 2.63 bits per heavy atom. The molecule has 3 N–H and O–H groups in total. The van der Waals surface area contributed by atoms with Crippen molar-refractivity contribution in [2.75, 3.05) is 11.9 Å². The lowest BCUT2D eigenvalue weighted by Gasteiger charge is -2.09. The molecular weight excluding hydrogens is 326 g/mol. The minimum atomic E-state index is -0.970. The molecule has 5 nitrogen and oxygen atoms in total. The van der Waals surface area contributed by atoms with E-state index in [1.165, 1.54) is 0 Å². The van der Waals surface area contributed by atoms with E-state index in [2.05, 4.69) is 26.6 Å². The molecule has 0 fully saturated rings. The van der Waals surface area contributed by atoms with E-state index in [9.17, 15) is 18.4 Å². The Bertz CT molecular complexity index is 497. The highest BCUT2D eigenvalue weighted by Crippen LogP contribution is 2.24. The van der Waals surface area contributed by atoms with Crippen molar-refractivity contribution < 1.29 is 23.5 Å². The van der Waals surface area contributed by atoms with Gasteiger partial charge in [0.2, 0.25) is 0 Å². The number of hydrogen-bond donors (Lipinski definition) is 3. The molecule has 0 aliphatic heterocycles. The van der Waals surface area contributed by atoms with Gasteiger partial charge in [0.05, 0.1) is 10.2 Å². The molecule has 0 aromatic heterocycles. The van der Waals surface area contributed by atoms with Crippen molar-refractivity contribution in [1.29, 1.82) is 0 Å². The van der Waals surface area contributed by atoms with Gasteiger partial charge in [0.1, 0.15) is 5.82 Å². The molecule has 0 spiro atoms. The topological polar surface area (TPSA) is 78.4 Å². The minimum Gasteiger partial charge on any atom is -0.481 e. The second kappa shape index (κ2) is 7.03. The molecule has 0 saturated heterocycles. The number of carboxylic acids is 1. The fraction of sp³-hybridized carbons (Fsp3) is 0.273. The van der Waals surface area contributed by atoms with Crippen LogP contribution in [0.1, 0.15) is 12.8 Å². The molecule has 0 bridgehead atoms. The number of nitrogens with one attached hydrogen (secondary N) is 2. The van der Waals surface area contributed by atoms with Crippen LogP contribution in [0, 0.1) is 11.6 Å². The molecule has 1 rings (SSSR count). The highest BCUT2D eigenvalue weighted by Gasteiger charge is 2.11. The van der Waals surface area contributed by atoms with E-state index in [-0.39, 0.29) is 29.5 Å². The van der Waals surface area contributed by atoms with Gasteiger partial charge in [0.25, 0.3) is 0 Å². The van der Waals surface area contributed by atoms with Gasteiger partial charge in [-0.2, -0.15) is 0 Å². The van der Waals surface area contributed by atoms with Crippen molar-refractivity contribution in [1.82, 2.24) is 5.32 Å². The molecule has 0 unspecified atom stereocenters. The molecule has 104 valence electrons. The normalized spacial score (nSPS) is 10.1. The van der Waals surface area contributed by atoms with Gasteiger partial charge in [-0.05, 0) is 28.4 Å². The number of urea groups is 1. The first kappa shape index (κ1) is 15.4. The molecule has 19 heavy (non-hydrogen) atoms. The van der Waals surface area contributed by atoms with Crippen LogP contribution in [-0.4, -0.2) is 23.7 Å². The zero-order chi connectivity index (χ0) is 14.4. The fourth-order valence-electron chi connectivity index (χ4n) is 1.25. The fourth-order valence-corrected chi connectivity index (χ4v) is 1.69. The lowest BCUT2D eigenvalue weighted by atomic mass is 10.3. The molecule has 0 heterocycles. The van der Waals surface area contributed by atoms with Crippen molar-refractivity contribution in [2.45, 2.75) is 12.8 Å². The Labute approximate surface area is 116 Å². The van der Waals surface area contributed by atoms with Crippen LogP contribution in [0.5, 0.6) is 0 Å². The summed E-state index contributed by atoms with van der Waals surface area (Å²) in [6.45, 7) is 0.121. The van der Waals surface area contributed by atoms with E-state index in [4.69, 9.17) is 5.11 Å². The van der Waals surface area contributed by atoms with Crippen LogP contribution in [-0.2, 0) is 4.79 Å². The largest absolute Gasteiger partial charge is 0.481 e. The van der Waals surface area contributed by atoms with Gasteiger partial charge in [-0.25, -0.2) is 13.6 Å². The highest BCUT2D eigenvalue weighted by atomic mass is 79.9. The van der Waals surface area contributed by atoms with Crippen molar-refractivity contribution in [3.05, 3.63) is 28.2 Å². The first-order valence-corrected chi connectivity index (χ1v) is 6.10. The summed E-state index contributed by atoms with van der Waals surface area (Å²) >= 11 is 2.81. The third-order valence-electron chi connectivity index (χ3n) is 2.09. The van der Waals surface area contributed by atoms with E-state index in [0.29, 0.717) is 0 Å². The van der Waals surface area contributed by atoms with Crippen molar-refractivity contribution >= 4 is 33.6 Å². The van der Waals surface area contributed by atoms with Gasteiger partial charge in [-0.1, -0.05) is 0 Å². The van der Waals surface area contributed by atoms with E-state index < -0.39 is 23.6 Å². The van der Waals surface area contributed by atoms with Gasteiger partial charge >= 0.3 is 12.0 Å². The SMILES string of the molecule is O=C(O)CCCNC(=O)Nc1cc(F)cc(Br)c1F. The summed E-state index contributed by atoms with van der Waals surface area (Å²) in [4.78, 5) is 21.6. The predicted molar refractivity (Wildman–Crippen MR) is 67.9 cm³/mol. The molecule has 2 amide bonds. The predicted octanol–water partition coefficient (Wildman–Crippen LogP) is 2.71. The van der Waals surface area contributed by atoms with Gasteiger partial charge < -0.3 is 15.7 Å². The maximum Gasteiger partial charge on any atom is 0.319 e. The molecule has 1 aromatic carbocycles. The Balaban J connectivity index is 2.51. The lowest BCUT2D eigenvalue weighted by Crippen LogP contribution is -2.30. The van der Waals surface area contributed by atoms with Crippen LogP contribution >= 0.6 is 15.9 Å². The van der Waals surface area contributed by atoms with Crippen LogP contribution in [0.2, 0.25) is 0 Å². The van der Waals surface area contributed by atoms with Crippen LogP contribution in [0.25, 0.3) is 0 Å². The van der Waals surface area contributed by atoms with Crippen LogP contribution in [0.4, 0.5) is 19.3 Å². The number of amides is 2. The third kappa shape index (κ3) is 5.21. The number of carboxylic acid groups (broad SMARTS) is 1. The summed E-state index contributed by atoms with van der Waals surface area (Å²) in [6, 6.07) is 1.05. The first-order chi connectivity index (χ1) is 8.90. The first-order valence-electron chi connectivity index (χ1n) is 5.31. The average Bonchev–Trinajstić information content (AvgIpc) is 2.31. The summed E-state index contributed by atoms with van der Waals surface area (Å²) in [5.41, 5.74) is -0.303. The van der Waals surface area contributed by atoms with Gasteiger partial charge in [0, 0.05) is 19.0 Å². The molecule has 0 radical (unpaired) electrons. The number of carbonyl (C=O) groups is 2. The third-order valence-corrected chi connectivity index (χ3v) is 2.67. The number of halogens is 3. The number of anilines is 1. The molecule has 1 aromatic rings. The van der Waals surface area contributed by atoms with Crippen LogP contribution < -0.4 is 10.6 Å². The summed E-state index contributed by atoms with van der Waals surface area (Å²) in [6.07, 6.45) is 0.165. The molecule has 0 atom stereocenters. The number of carbonyl (C=O) groups excluding carboxylic acids is 1. The average molecular weight is 337 g/mol. The molecule has 0 saturated carbocycles. The zero-order valence-electron chi connectivity index (χ0n) is 9.67. The second-order valence-electron chi connectivity index (χ2n) is 3.63. The number of benzene rings is 1. The zero-order valence-corrected chi connectivity index (χ0v) is 11.3. The highest BCUT2D eigenvalue weighted by molar-refractivity contribution is 9.10. The number of aliphatic carboxylic acids is 1. The number of hydrogen-bond acceptors (Lipinski definition) is 2. The smallest absolute Gasteiger partial charge is 0.319 e. The monoisotopic (exact) mass is 336 g/mol. The van der Waals surface area contributed by atoms with E-state index in [0.717, 1.165) is 12.1 Å². The minimum absolute atomic E-state index is 0.0832. The number of rotatable bonds is 5. The summed E-state index contributed by atoms with van der Waals surface area (Å²) in [5.74, 6) is -2.46.